The maximum Gasteiger partial charge on any atom is 0.331 e. The first-order valence-electron chi connectivity index (χ1n) is 10.4. The van der Waals surface area contributed by atoms with Gasteiger partial charge >= 0.3 is 5.97 Å². The van der Waals surface area contributed by atoms with Crippen LogP contribution in [0.3, 0.4) is 0 Å². The maximum atomic E-state index is 11.6. The lowest BCUT2D eigenvalue weighted by Gasteiger charge is -2.54. The first-order chi connectivity index (χ1) is 12.1. The van der Waals surface area contributed by atoms with Crippen LogP contribution in [0.5, 0.6) is 0 Å². The lowest BCUT2D eigenvalue weighted by Crippen LogP contribution is -2.50. The second kappa shape index (κ2) is 6.90. The van der Waals surface area contributed by atoms with E-state index in [1.54, 1.807) is 6.08 Å². The number of rotatable bonds is 8. The van der Waals surface area contributed by atoms with Gasteiger partial charge in [0.2, 0.25) is 0 Å². The minimum absolute atomic E-state index is 0.0344. The Bertz CT molecular complexity index is 578. The molecule has 25 heavy (non-hydrogen) atoms. The zero-order chi connectivity index (χ0) is 17.6. The van der Waals surface area contributed by atoms with E-state index in [-0.39, 0.29) is 11.8 Å². The molecule has 4 aliphatic rings. The van der Waals surface area contributed by atoms with Crippen LogP contribution < -0.4 is 0 Å². The fourth-order valence-corrected chi connectivity index (χ4v) is 6.66. The Kier molecular flexibility index (Phi) is 4.79. The molecule has 8 atom stereocenters. The van der Waals surface area contributed by atoms with Crippen molar-refractivity contribution in [3.63, 3.8) is 0 Å². The second-order valence-corrected chi connectivity index (χ2v) is 8.84. The van der Waals surface area contributed by atoms with Crippen molar-refractivity contribution in [1.29, 1.82) is 0 Å². The highest BCUT2D eigenvalue weighted by Crippen LogP contribution is 2.67. The Balaban J connectivity index is 1.41. The van der Waals surface area contributed by atoms with Gasteiger partial charge in [0.05, 0.1) is 6.10 Å². The van der Waals surface area contributed by atoms with Gasteiger partial charge in [0, 0.05) is 11.5 Å². The van der Waals surface area contributed by atoms with Crippen LogP contribution in [0.15, 0.2) is 23.8 Å². The van der Waals surface area contributed by atoms with Crippen LogP contribution in [-0.4, -0.2) is 22.3 Å². The highest BCUT2D eigenvalue weighted by atomic mass is 16.4. The Morgan fingerprint density at radius 2 is 1.84 bits per heavy atom. The fourth-order valence-electron chi connectivity index (χ4n) is 6.66. The van der Waals surface area contributed by atoms with Crippen molar-refractivity contribution in [2.45, 2.75) is 64.4 Å². The van der Waals surface area contributed by atoms with Crippen LogP contribution in [0.2, 0.25) is 0 Å². The lowest BCUT2D eigenvalue weighted by atomic mass is 9.50. The molecule has 2 saturated carbocycles. The van der Waals surface area contributed by atoms with Crippen LogP contribution in [0.1, 0.15) is 58.3 Å². The van der Waals surface area contributed by atoms with Crippen molar-refractivity contribution in [3.8, 4) is 0 Å². The van der Waals surface area contributed by atoms with Crippen molar-refractivity contribution in [2.24, 2.45) is 41.4 Å². The molecule has 4 rings (SSSR count). The molecule has 0 aliphatic heterocycles. The largest absolute Gasteiger partial charge is 0.478 e. The molecule has 4 aliphatic carbocycles. The maximum absolute atomic E-state index is 11.6. The third-order valence-corrected chi connectivity index (χ3v) is 7.71. The van der Waals surface area contributed by atoms with Gasteiger partial charge in [0.25, 0.3) is 0 Å². The summed E-state index contributed by atoms with van der Waals surface area (Å²) in [5.74, 6) is 2.61. The summed E-state index contributed by atoms with van der Waals surface area (Å²) in [5.41, 5.74) is 0.434. The van der Waals surface area contributed by atoms with E-state index >= 15 is 0 Å². The van der Waals surface area contributed by atoms with Crippen molar-refractivity contribution in [1.82, 2.24) is 0 Å². The molecule has 3 nitrogen and oxygen atoms in total. The molecular formula is C22H32O3. The Morgan fingerprint density at radius 3 is 2.60 bits per heavy atom. The van der Waals surface area contributed by atoms with Gasteiger partial charge in [-0.3, -0.25) is 0 Å². The molecule has 0 unspecified atom stereocenters. The summed E-state index contributed by atoms with van der Waals surface area (Å²) in [6.07, 6.45) is 16.1. The number of carboxylic acid groups (broad SMARTS) is 1. The zero-order valence-electron chi connectivity index (χ0n) is 15.3. The summed E-state index contributed by atoms with van der Waals surface area (Å²) in [5, 5.41) is 20.0. The smallest absolute Gasteiger partial charge is 0.331 e. The number of aliphatic hydroxyl groups excluding tert-OH is 1. The van der Waals surface area contributed by atoms with E-state index < -0.39 is 12.1 Å². The van der Waals surface area contributed by atoms with Crippen molar-refractivity contribution >= 4 is 5.97 Å². The van der Waals surface area contributed by atoms with E-state index in [2.05, 4.69) is 19.1 Å². The SMILES string of the molecule is CCCCCCCC[C@@H]1[C@H]2C=C[C@H]3C(C(=O)O)=C[C@H](O)[C@H]4C[C@@H]1[C@@H]2[C@H]43. The predicted octanol–water partition coefficient (Wildman–Crippen LogP) is 4.42. The average molecular weight is 344 g/mol. The van der Waals surface area contributed by atoms with Gasteiger partial charge in [-0.15, -0.1) is 0 Å². The number of hydrogen-bond acceptors (Lipinski definition) is 2. The summed E-state index contributed by atoms with van der Waals surface area (Å²) in [7, 11) is 0. The molecule has 0 radical (unpaired) electrons. The van der Waals surface area contributed by atoms with Crippen LogP contribution in [-0.2, 0) is 4.79 Å². The molecule has 3 heteroatoms. The summed E-state index contributed by atoms with van der Waals surface area (Å²) < 4.78 is 0. The molecule has 138 valence electrons. The molecule has 0 bridgehead atoms. The molecule has 0 aromatic heterocycles. The van der Waals surface area contributed by atoms with Crippen molar-refractivity contribution in [2.75, 3.05) is 0 Å². The van der Waals surface area contributed by atoms with Crippen LogP contribution in [0, 0.1) is 41.4 Å². The summed E-state index contributed by atoms with van der Waals surface area (Å²) in [6, 6.07) is 0. The zero-order valence-corrected chi connectivity index (χ0v) is 15.3. The number of hydrogen-bond donors (Lipinski definition) is 2. The highest BCUT2D eigenvalue weighted by molar-refractivity contribution is 5.88. The first kappa shape index (κ1) is 17.3. The molecule has 0 amide bonds. The number of aliphatic hydroxyl groups is 1. The van der Waals surface area contributed by atoms with Crippen LogP contribution in [0.4, 0.5) is 0 Å². The second-order valence-electron chi connectivity index (χ2n) is 8.84. The van der Waals surface area contributed by atoms with Crippen molar-refractivity contribution in [3.05, 3.63) is 23.8 Å². The monoisotopic (exact) mass is 344 g/mol. The number of carboxylic acids is 1. The first-order valence-corrected chi connectivity index (χ1v) is 10.4. The molecule has 0 aromatic carbocycles. The minimum atomic E-state index is -0.850. The van der Waals surface area contributed by atoms with E-state index in [0.29, 0.717) is 23.3 Å². The van der Waals surface area contributed by atoms with Crippen LogP contribution >= 0.6 is 0 Å². The summed E-state index contributed by atoms with van der Waals surface area (Å²) >= 11 is 0. The number of aliphatic carboxylic acids is 1. The van der Waals surface area contributed by atoms with Gasteiger partial charge in [0.1, 0.15) is 0 Å². The molecule has 2 N–H and O–H groups in total. The number of carbonyl (C=O) groups is 1. The third kappa shape index (κ3) is 2.79. The Hall–Kier alpha value is -1.09. The molecule has 2 fully saturated rings. The number of unbranched alkanes of at least 4 members (excludes halogenated alkanes) is 5. The normalized spacial score (nSPS) is 43.4. The summed E-state index contributed by atoms with van der Waals surface area (Å²) in [4.78, 5) is 11.6. The molecule has 0 spiro atoms. The van der Waals surface area contributed by atoms with Gasteiger partial charge < -0.3 is 10.2 Å². The minimum Gasteiger partial charge on any atom is -0.478 e. The van der Waals surface area contributed by atoms with Gasteiger partial charge in [-0.25, -0.2) is 4.79 Å². The molecule has 0 aromatic rings. The van der Waals surface area contributed by atoms with E-state index in [9.17, 15) is 15.0 Å². The standard InChI is InChI=1S/C22H32O3/c1-2-3-4-5-6-7-8-13-14-9-10-15-17(22(24)25)12-19(23)18-11-16(13)20(14)21(15)18/h9-10,12-16,18-21,23H,2-8,11H2,1H3,(H,24,25)/t13-,14-,15+,16+,18-,19+,20-,21+/m1/s1. The average Bonchev–Trinajstić information content (AvgIpc) is 2.95. The van der Waals surface area contributed by atoms with Crippen LogP contribution in [0.25, 0.3) is 0 Å². The van der Waals surface area contributed by atoms with Gasteiger partial charge in [0.15, 0.2) is 0 Å². The van der Waals surface area contributed by atoms with Crippen molar-refractivity contribution < 1.29 is 15.0 Å². The molecule has 0 heterocycles. The van der Waals surface area contributed by atoms with E-state index in [1.807, 2.05) is 0 Å². The Morgan fingerprint density at radius 1 is 1.08 bits per heavy atom. The van der Waals surface area contributed by atoms with E-state index in [4.69, 9.17) is 0 Å². The lowest BCUT2D eigenvalue weighted by molar-refractivity contribution is -0.134. The highest BCUT2D eigenvalue weighted by Gasteiger charge is 2.63. The fraction of sp³-hybridized carbons (Fsp3) is 0.773. The van der Waals surface area contributed by atoms with Gasteiger partial charge in [-0.05, 0) is 54.4 Å². The predicted molar refractivity (Wildman–Crippen MR) is 97.9 cm³/mol. The topological polar surface area (TPSA) is 57.5 Å². The quantitative estimate of drug-likeness (QED) is 0.506. The molecule has 0 saturated heterocycles. The van der Waals surface area contributed by atoms with Gasteiger partial charge in [-0.2, -0.15) is 0 Å². The Labute approximate surface area is 151 Å². The molecular weight excluding hydrogens is 312 g/mol. The third-order valence-electron chi connectivity index (χ3n) is 7.71. The summed E-state index contributed by atoms with van der Waals surface area (Å²) in [6.45, 7) is 2.26. The van der Waals surface area contributed by atoms with E-state index in [1.165, 1.54) is 44.9 Å². The van der Waals surface area contributed by atoms with Gasteiger partial charge in [-0.1, -0.05) is 57.6 Å². The van der Waals surface area contributed by atoms with E-state index in [0.717, 1.165) is 18.3 Å². The number of allylic oxidation sites excluding steroid dienone is 2.